The molecule has 0 unspecified atom stereocenters. The molecule has 0 spiro atoms. The van der Waals surface area contributed by atoms with Crippen molar-refractivity contribution in [1.29, 1.82) is 0 Å². The summed E-state index contributed by atoms with van der Waals surface area (Å²) in [6, 6.07) is 15.9. The predicted octanol–water partition coefficient (Wildman–Crippen LogP) is 4.48. The van der Waals surface area contributed by atoms with E-state index in [2.05, 4.69) is 30.4 Å². The highest BCUT2D eigenvalue weighted by Crippen LogP contribution is 2.17. The van der Waals surface area contributed by atoms with Crippen LogP contribution < -0.4 is 5.32 Å². The summed E-state index contributed by atoms with van der Waals surface area (Å²) >= 11 is 1.58. The molecule has 5 heteroatoms. The number of hydrogen-bond donors (Lipinski definition) is 1. The maximum Gasteiger partial charge on any atom is 0.242 e. The van der Waals surface area contributed by atoms with Gasteiger partial charge in [0.2, 0.25) is 11.8 Å². The monoisotopic (exact) mass is 412 g/mol. The minimum atomic E-state index is -0.522. The van der Waals surface area contributed by atoms with Crippen LogP contribution >= 0.6 is 11.8 Å². The van der Waals surface area contributed by atoms with Crippen LogP contribution in [0, 0.1) is 13.8 Å². The van der Waals surface area contributed by atoms with Gasteiger partial charge in [0, 0.05) is 18.3 Å². The molecule has 0 aliphatic carbocycles. The summed E-state index contributed by atoms with van der Waals surface area (Å²) in [5.41, 5.74) is 4.62. The van der Waals surface area contributed by atoms with Gasteiger partial charge in [-0.3, -0.25) is 9.59 Å². The van der Waals surface area contributed by atoms with Gasteiger partial charge in [0.25, 0.3) is 0 Å². The minimum absolute atomic E-state index is 0.0189. The Morgan fingerprint density at radius 3 is 2.28 bits per heavy atom. The second kappa shape index (κ2) is 11.1. The largest absolute Gasteiger partial charge is 0.352 e. The van der Waals surface area contributed by atoms with Gasteiger partial charge in [-0.05, 0) is 45.7 Å². The van der Waals surface area contributed by atoms with E-state index in [-0.39, 0.29) is 17.9 Å². The van der Waals surface area contributed by atoms with Crippen molar-refractivity contribution in [2.75, 3.05) is 5.75 Å². The summed E-state index contributed by atoms with van der Waals surface area (Å²) in [5, 5.41) is 2.92. The first-order valence-corrected chi connectivity index (χ1v) is 11.2. The van der Waals surface area contributed by atoms with Gasteiger partial charge in [0.15, 0.2) is 0 Å². The number of rotatable bonds is 9. The first-order valence-electron chi connectivity index (χ1n) is 10.0. The van der Waals surface area contributed by atoms with Gasteiger partial charge in [-0.25, -0.2) is 0 Å². The number of thioether (sulfide) groups is 1. The zero-order valence-corrected chi connectivity index (χ0v) is 18.9. The summed E-state index contributed by atoms with van der Waals surface area (Å²) in [5.74, 6) is 0.982. The predicted molar refractivity (Wildman–Crippen MR) is 122 cm³/mol. The summed E-state index contributed by atoms with van der Waals surface area (Å²) in [6.07, 6.45) is 0. The van der Waals surface area contributed by atoms with Crippen molar-refractivity contribution in [3.8, 4) is 0 Å². The minimum Gasteiger partial charge on any atom is -0.352 e. The third-order valence-electron chi connectivity index (χ3n) is 4.65. The van der Waals surface area contributed by atoms with Crippen LogP contribution in [-0.2, 0) is 21.9 Å². The number of carbonyl (C=O) groups excluding carboxylic acids is 2. The fourth-order valence-corrected chi connectivity index (χ4v) is 3.88. The average Bonchev–Trinajstić information content (AvgIpc) is 2.66. The first kappa shape index (κ1) is 23.0. The van der Waals surface area contributed by atoms with Crippen LogP contribution in [-0.4, -0.2) is 34.6 Å². The van der Waals surface area contributed by atoms with E-state index in [1.807, 2.05) is 51.1 Å². The molecule has 0 aromatic heterocycles. The Labute approximate surface area is 179 Å². The SMILES string of the molecule is Cc1ccc(CN(C(=O)CSCc2cccc(C)c2)[C@H](C)C(=O)NC(C)C)cc1. The highest BCUT2D eigenvalue weighted by molar-refractivity contribution is 7.99. The summed E-state index contributed by atoms with van der Waals surface area (Å²) in [6.45, 7) is 10.2. The third-order valence-corrected chi connectivity index (χ3v) is 5.64. The molecular weight excluding hydrogens is 380 g/mol. The molecule has 0 aliphatic rings. The van der Waals surface area contributed by atoms with Crippen LogP contribution in [0.1, 0.15) is 43.0 Å². The number of nitrogens with zero attached hydrogens (tertiary/aromatic N) is 1. The van der Waals surface area contributed by atoms with E-state index < -0.39 is 6.04 Å². The standard InChI is InChI=1S/C24H32N2O2S/c1-17(2)25-24(28)20(5)26(14-21-11-9-18(3)10-12-21)23(27)16-29-15-22-8-6-7-19(4)13-22/h6-13,17,20H,14-16H2,1-5H3,(H,25,28)/t20-/m1/s1. The Balaban J connectivity index is 2.06. The Bertz CT molecular complexity index is 818. The fraction of sp³-hybridized carbons (Fsp3) is 0.417. The smallest absolute Gasteiger partial charge is 0.242 e. The van der Waals surface area contributed by atoms with Crippen LogP contribution in [0.5, 0.6) is 0 Å². The van der Waals surface area contributed by atoms with Gasteiger partial charge < -0.3 is 10.2 Å². The zero-order chi connectivity index (χ0) is 21.4. The molecule has 0 fully saturated rings. The van der Waals surface area contributed by atoms with Gasteiger partial charge in [-0.2, -0.15) is 0 Å². The second-order valence-electron chi connectivity index (χ2n) is 7.83. The van der Waals surface area contributed by atoms with Crippen molar-refractivity contribution in [3.63, 3.8) is 0 Å². The topological polar surface area (TPSA) is 49.4 Å². The van der Waals surface area contributed by atoms with E-state index in [0.29, 0.717) is 12.3 Å². The lowest BCUT2D eigenvalue weighted by molar-refractivity contribution is -0.138. The van der Waals surface area contributed by atoms with Crippen LogP contribution in [0.25, 0.3) is 0 Å². The lowest BCUT2D eigenvalue weighted by atomic mass is 10.1. The Hall–Kier alpha value is -2.27. The molecule has 2 aromatic carbocycles. The normalized spacial score (nSPS) is 11.9. The van der Waals surface area contributed by atoms with Gasteiger partial charge in [0.05, 0.1) is 5.75 Å². The van der Waals surface area contributed by atoms with Crippen molar-refractivity contribution < 1.29 is 9.59 Å². The van der Waals surface area contributed by atoms with Gasteiger partial charge >= 0.3 is 0 Å². The zero-order valence-electron chi connectivity index (χ0n) is 18.1. The molecule has 0 aliphatic heterocycles. The number of hydrogen-bond acceptors (Lipinski definition) is 3. The molecule has 2 aromatic rings. The first-order chi connectivity index (χ1) is 13.8. The molecule has 0 bridgehead atoms. The molecule has 1 N–H and O–H groups in total. The van der Waals surface area contributed by atoms with Crippen LogP contribution in [0.4, 0.5) is 0 Å². The van der Waals surface area contributed by atoms with E-state index in [1.165, 1.54) is 16.7 Å². The molecule has 4 nitrogen and oxygen atoms in total. The van der Waals surface area contributed by atoms with Crippen molar-refractivity contribution in [2.24, 2.45) is 0 Å². The van der Waals surface area contributed by atoms with Crippen LogP contribution in [0.3, 0.4) is 0 Å². The molecule has 156 valence electrons. The summed E-state index contributed by atoms with van der Waals surface area (Å²) in [4.78, 5) is 27.3. The Morgan fingerprint density at radius 2 is 1.66 bits per heavy atom. The quantitative estimate of drug-likeness (QED) is 0.661. The molecule has 2 rings (SSSR count). The van der Waals surface area contributed by atoms with E-state index in [0.717, 1.165) is 11.3 Å². The van der Waals surface area contributed by atoms with Crippen LogP contribution in [0.2, 0.25) is 0 Å². The number of amides is 2. The Kier molecular flexibility index (Phi) is 8.77. The maximum atomic E-state index is 13.0. The number of aryl methyl sites for hydroxylation is 2. The van der Waals surface area contributed by atoms with E-state index in [9.17, 15) is 9.59 Å². The van der Waals surface area contributed by atoms with Crippen molar-refractivity contribution >= 4 is 23.6 Å². The highest BCUT2D eigenvalue weighted by atomic mass is 32.2. The molecule has 0 saturated carbocycles. The molecule has 0 saturated heterocycles. The number of nitrogens with one attached hydrogen (secondary N) is 1. The van der Waals surface area contributed by atoms with Crippen LogP contribution in [0.15, 0.2) is 48.5 Å². The molecule has 0 radical (unpaired) electrons. The molecule has 1 atom stereocenters. The van der Waals surface area contributed by atoms with E-state index in [1.54, 1.807) is 23.6 Å². The van der Waals surface area contributed by atoms with Gasteiger partial charge in [-0.15, -0.1) is 11.8 Å². The maximum absolute atomic E-state index is 13.0. The molecule has 2 amide bonds. The summed E-state index contributed by atoms with van der Waals surface area (Å²) < 4.78 is 0. The molecule has 29 heavy (non-hydrogen) atoms. The second-order valence-corrected chi connectivity index (χ2v) is 8.81. The van der Waals surface area contributed by atoms with E-state index >= 15 is 0 Å². The third kappa shape index (κ3) is 7.58. The highest BCUT2D eigenvalue weighted by Gasteiger charge is 2.26. The van der Waals surface area contributed by atoms with Crippen molar-refractivity contribution in [1.82, 2.24) is 10.2 Å². The van der Waals surface area contributed by atoms with Gasteiger partial charge in [0.1, 0.15) is 6.04 Å². The average molecular weight is 413 g/mol. The summed E-state index contributed by atoms with van der Waals surface area (Å²) in [7, 11) is 0. The Morgan fingerprint density at radius 1 is 0.966 bits per heavy atom. The van der Waals surface area contributed by atoms with Gasteiger partial charge in [-0.1, -0.05) is 59.7 Å². The lowest BCUT2D eigenvalue weighted by Gasteiger charge is -2.29. The van der Waals surface area contributed by atoms with Crippen molar-refractivity contribution in [2.45, 2.75) is 59.0 Å². The van der Waals surface area contributed by atoms with E-state index in [4.69, 9.17) is 0 Å². The fourth-order valence-electron chi connectivity index (χ4n) is 3.02. The number of benzene rings is 2. The molecule has 0 heterocycles. The lowest BCUT2D eigenvalue weighted by Crippen LogP contribution is -2.49. The number of carbonyl (C=O) groups is 2. The molecular formula is C24H32N2O2S. The van der Waals surface area contributed by atoms with Crippen molar-refractivity contribution in [3.05, 3.63) is 70.8 Å².